The topological polar surface area (TPSA) is 43.6 Å². The lowest BCUT2D eigenvalue weighted by Crippen LogP contribution is -2.01. The molecule has 0 N–H and O–H groups in total. The van der Waals surface area contributed by atoms with Gasteiger partial charge >= 0.3 is 0 Å². The second-order valence-electron chi connectivity index (χ2n) is 6.39. The van der Waals surface area contributed by atoms with Crippen LogP contribution in [0, 0.1) is 5.82 Å². The van der Waals surface area contributed by atoms with Gasteiger partial charge in [0.25, 0.3) is 0 Å². The molecule has 0 fully saturated rings. The number of rotatable bonds is 3. The summed E-state index contributed by atoms with van der Waals surface area (Å²) >= 11 is 0. The quantitative estimate of drug-likeness (QED) is 0.466. The Kier molecular flexibility index (Phi) is 3.64. The molecule has 4 nitrogen and oxygen atoms in total. The van der Waals surface area contributed by atoms with E-state index in [-0.39, 0.29) is 5.82 Å². The average Bonchev–Trinajstić information content (AvgIpc) is 3.02. The van der Waals surface area contributed by atoms with Gasteiger partial charge in [-0.05, 0) is 29.8 Å². The minimum absolute atomic E-state index is 0.323. The molecule has 0 amide bonds. The fraction of sp³-hybridized carbons (Fsp3) is 0.0455. The molecule has 1 aromatic carbocycles. The molecule has 0 aliphatic carbocycles. The summed E-state index contributed by atoms with van der Waals surface area (Å²) < 4.78 is 15.8. The van der Waals surface area contributed by atoms with Crippen molar-refractivity contribution < 1.29 is 4.39 Å². The zero-order valence-corrected chi connectivity index (χ0v) is 14.4. The number of aromatic nitrogens is 4. The van der Waals surface area contributed by atoms with Crippen molar-refractivity contribution in [1.29, 1.82) is 0 Å². The number of nitrogens with zero attached hydrogens (tertiary/aromatic N) is 4. The predicted molar refractivity (Wildman–Crippen MR) is 104 cm³/mol. The third-order valence-electron chi connectivity index (χ3n) is 4.68. The molecule has 0 radical (unpaired) electrons. The maximum atomic E-state index is 13.6. The molecule has 0 unspecified atom stereocenters. The van der Waals surface area contributed by atoms with E-state index in [2.05, 4.69) is 26.7 Å². The fourth-order valence-electron chi connectivity index (χ4n) is 3.42. The second-order valence-corrected chi connectivity index (χ2v) is 6.39. The maximum absolute atomic E-state index is 13.6. The van der Waals surface area contributed by atoms with Crippen molar-refractivity contribution >= 4 is 21.9 Å². The normalized spacial score (nSPS) is 11.3. The summed E-state index contributed by atoms with van der Waals surface area (Å²) in [4.78, 5) is 13.4. The molecule has 0 saturated carbocycles. The van der Waals surface area contributed by atoms with Gasteiger partial charge in [-0.1, -0.05) is 30.3 Å². The predicted octanol–water partition coefficient (Wildman–Crippen LogP) is 4.83. The van der Waals surface area contributed by atoms with Gasteiger partial charge in [-0.25, -0.2) is 9.37 Å². The van der Waals surface area contributed by atoms with Crippen molar-refractivity contribution in [1.82, 2.24) is 19.5 Å². The minimum atomic E-state index is -0.323. The van der Waals surface area contributed by atoms with Gasteiger partial charge in [-0.2, -0.15) is 0 Å². The molecular formula is C22H15FN4. The lowest BCUT2D eigenvalue weighted by molar-refractivity contribution is 0.626. The molecule has 5 rings (SSSR count). The lowest BCUT2D eigenvalue weighted by Gasteiger charge is -2.08. The molecule has 0 bridgehead atoms. The minimum Gasteiger partial charge on any atom is -0.321 e. The van der Waals surface area contributed by atoms with Gasteiger partial charge in [0, 0.05) is 42.0 Å². The van der Waals surface area contributed by atoms with Gasteiger partial charge < -0.3 is 4.57 Å². The highest BCUT2D eigenvalue weighted by molar-refractivity contribution is 6.06. The second kappa shape index (κ2) is 6.29. The molecule has 0 spiro atoms. The van der Waals surface area contributed by atoms with Crippen molar-refractivity contribution in [3.8, 4) is 11.4 Å². The Hall–Kier alpha value is -3.60. The van der Waals surface area contributed by atoms with E-state index >= 15 is 0 Å². The zero-order valence-electron chi connectivity index (χ0n) is 14.4. The van der Waals surface area contributed by atoms with E-state index in [0.29, 0.717) is 17.9 Å². The summed E-state index contributed by atoms with van der Waals surface area (Å²) in [5.41, 5.74) is 4.26. The van der Waals surface area contributed by atoms with Crippen molar-refractivity contribution in [2.24, 2.45) is 0 Å². The van der Waals surface area contributed by atoms with Crippen LogP contribution >= 0.6 is 0 Å². The third-order valence-corrected chi connectivity index (χ3v) is 4.68. The maximum Gasteiger partial charge on any atom is 0.142 e. The molecular weight excluding hydrogens is 339 g/mol. The van der Waals surface area contributed by atoms with Gasteiger partial charge in [0.2, 0.25) is 0 Å². The van der Waals surface area contributed by atoms with Crippen molar-refractivity contribution in [2.45, 2.75) is 6.54 Å². The molecule has 4 aromatic heterocycles. The van der Waals surface area contributed by atoms with E-state index in [1.165, 1.54) is 23.9 Å². The molecule has 130 valence electrons. The number of benzene rings is 1. The van der Waals surface area contributed by atoms with Crippen LogP contribution in [0.3, 0.4) is 0 Å². The summed E-state index contributed by atoms with van der Waals surface area (Å²) in [6.45, 7) is 0.692. The lowest BCUT2D eigenvalue weighted by atomic mass is 10.2. The highest BCUT2D eigenvalue weighted by atomic mass is 19.1. The number of halogens is 1. The van der Waals surface area contributed by atoms with Gasteiger partial charge in [0.15, 0.2) is 0 Å². The summed E-state index contributed by atoms with van der Waals surface area (Å²) in [6.07, 6.45) is 5.11. The first kappa shape index (κ1) is 15.6. The van der Waals surface area contributed by atoms with E-state index in [1.54, 1.807) is 6.20 Å². The first-order valence-corrected chi connectivity index (χ1v) is 8.68. The van der Waals surface area contributed by atoms with Crippen LogP contribution in [0.15, 0.2) is 79.3 Å². The number of hydrogen-bond acceptors (Lipinski definition) is 3. The molecule has 0 aliphatic rings. The number of hydrogen-bond donors (Lipinski definition) is 0. The molecule has 27 heavy (non-hydrogen) atoms. The highest BCUT2D eigenvalue weighted by Gasteiger charge is 2.14. The number of pyridine rings is 3. The van der Waals surface area contributed by atoms with Crippen molar-refractivity contribution in [2.75, 3.05) is 0 Å². The monoisotopic (exact) mass is 354 g/mol. The third kappa shape index (κ3) is 2.73. The largest absolute Gasteiger partial charge is 0.321 e. The number of fused-ring (bicyclic) bond motifs is 3. The Morgan fingerprint density at radius 1 is 0.852 bits per heavy atom. The molecule has 0 atom stereocenters. The van der Waals surface area contributed by atoms with Crippen LogP contribution in [-0.4, -0.2) is 19.5 Å². The first-order valence-electron chi connectivity index (χ1n) is 8.68. The summed E-state index contributed by atoms with van der Waals surface area (Å²) in [5.74, 6) is -0.323. The molecule has 4 heterocycles. The summed E-state index contributed by atoms with van der Waals surface area (Å²) in [7, 11) is 0. The Balaban J connectivity index is 1.75. The molecule has 5 aromatic rings. The van der Waals surface area contributed by atoms with E-state index in [1.807, 2.05) is 42.6 Å². The standard InChI is InChI=1S/C22H15FN4/c23-16-8-11-25-20(12-16)19-7-6-17-18-13-24-10-9-21(18)27(22(17)26-19)14-15-4-2-1-3-5-15/h1-13H,14H2. The average molecular weight is 354 g/mol. The van der Waals surface area contributed by atoms with Gasteiger partial charge in [-0.15, -0.1) is 0 Å². The van der Waals surface area contributed by atoms with Crippen LogP contribution in [0.1, 0.15) is 5.56 Å². The molecule has 5 heteroatoms. The highest BCUT2D eigenvalue weighted by Crippen LogP contribution is 2.30. The smallest absolute Gasteiger partial charge is 0.142 e. The first-order chi connectivity index (χ1) is 13.3. The van der Waals surface area contributed by atoms with E-state index < -0.39 is 0 Å². The van der Waals surface area contributed by atoms with E-state index in [0.717, 1.165) is 21.9 Å². The van der Waals surface area contributed by atoms with Crippen LogP contribution in [0.25, 0.3) is 33.3 Å². The van der Waals surface area contributed by atoms with Crippen molar-refractivity contribution in [3.05, 3.63) is 90.6 Å². The SMILES string of the molecule is Fc1ccnc(-c2ccc3c4cnccc4n(Cc4ccccc4)c3n2)c1. The summed E-state index contributed by atoms with van der Waals surface area (Å²) in [6, 6.07) is 18.9. The van der Waals surface area contributed by atoms with Crippen LogP contribution < -0.4 is 0 Å². The van der Waals surface area contributed by atoms with Crippen LogP contribution in [0.2, 0.25) is 0 Å². The van der Waals surface area contributed by atoms with Crippen molar-refractivity contribution in [3.63, 3.8) is 0 Å². The summed E-state index contributed by atoms with van der Waals surface area (Å²) in [5, 5.41) is 2.07. The fourth-order valence-corrected chi connectivity index (χ4v) is 3.42. The molecule has 0 aliphatic heterocycles. The Bertz CT molecular complexity index is 1260. The van der Waals surface area contributed by atoms with Crippen LogP contribution in [0.5, 0.6) is 0 Å². The van der Waals surface area contributed by atoms with Gasteiger partial charge in [-0.3, -0.25) is 9.97 Å². The van der Waals surface area contributed by atoms with Gasteiger partial charge in [0.1, 0.15) is 11.5 Å². The Labute approximate surface area is 155 Å². The van der Waals surface area contributed by atoms with Crippen LogP contribution in [-0.2, 0) is 6.54 Å². The molecule has 0 saturated heterocycles. The zero-order chi connectivity index (χ0) is 18.2. The Morgan fingerprint density at radius 3 is 2.59 bits per heavy atom. The van der Waals surface area contributed by atoms with E-state index in [4.69, 9.17) is 4.98 Å². The van der Waals surface area contributed by atoms with Crippen LogP contribution in [0.4, 0.5) is 4.39 Å². The van der Waals surface area contributed by atoms with Gasteiger partial charge in [0.05, 0.1) is 16.9 Å². The van der Waals surface area contributed by atoms with E-state index in [9.17, 15) is 4.39 Å². The Morgan fingerprint density at radius 2 is 1.74 bits per heavy atom.